The van der Waals surface area contributed by atoms with E-state index < -0.39 is 39.6 Å². The smallest absolute Gasteiger partial charge is 0.407 e. The minimum absolute atomic E-state index is 0.0115. The summed E-state index contributed by atoms with van der Waals surface area (Å²) in [5, 5.41) is 4.15. The molecule has 4 N–H and O–H groups in total. The molecule has 2 aromatic carbocycles. The van der Waals surface area contributed by atoms with Crippen molar-refractivity contribution < 1.29 is 27.5 Å². The van der Waals surface area contributed by atoms with Gasteiger partial charge >= 0.3 is 6.09 Å². The van der Waals surface area contributed by atoms with Gasteiger partial charge < -0.3 is 20.7 Å². The molecule has 37 heavy (non-hydrogen) atoms. The molecule has 2 atom stereocenters. The number of fused-ring (bicyclic) bond motifs is 1. The summed E-state index contributed by atoms with van der Waals surface area (Å²) in [5.74, 6) is -2.46. The van der Waals surface area contributed by atoms with Gasteiger partial charge in [0.2, 0.25) is 21.8 Å². The van der Waals surface area contributed by atoms with E-state index in [1.54, 1.807) is 43.9 Å². The summed E-state index contributed by atoms with van der Waals surface area (Å²) in [7, 11) is -4.20. The van der Waals surface area contributed by atoms with Crippen LogP contribution in [0.1, 0.15) is 46.5 Å². The van der Waals surface area contributed by atoms with Crippen LogP contribution in [0, 0.1) is 5.92 Å². The summed E-state index contributed by atoms with van der Waals surface area (Å²) in [6, 6.07) is 10.4. The fraction of sp³-hybridized carbons (Fsp3) is 0.500. The number of benzene rings is 2. The molecule has 1 fully saturated rings. The summed E-state index contributed by atoms with van der Waals surface area (Å²) >= 11 is 0. The van der Waals surface area contributed by atoms with Crippen LogP contribution in [0.4, 0.5) is 4.79 Å². The van der Waals surface area contributed by atoms with Gasteiger partial charge in [-0.2, -0.15) is 4.72 Å². The predicted octanol–water partition coefficient (Wildman–Crippen LogP) is 2.52. The van der Waals surface area contributed by atoms with Gasteiger partial charge in [-0.05, 0) is 69.4 Å². The number of nitrogens with two attached hydrogens (primary N) is 1. The lowest BCUT2D eigenvalue weighted by Crippen LogP contribution is -2.55. The summed E-state index contributed by atoms with van der Waals surface area (Å²) in [6.07, 6.45) is 1.94. The first-order chi connectivity index (χ1) is 17.4. The lowest BCUT2D eigenvalue weighted by molar-refractivity contribution is -0.140. The van der Waals surface area contributed by atoms with E-state index in [4.69, 9.17) is 10.5 Å². The highest BCUT2D eigenvalue weighted by Crippen LogP contribution is 2.22. The lowest BCUT2D eigenvalue weighted by atomic mass is 9.93. The van der Waals surface area contributed by atoms with E-state index in [1.165, 1.54) is 12.1 Å². The van der Waals surface area contributed by atoms with Gasteiger partial charge in [0.1, 0.15) is 11.6 Å². The van der Waals surface area contributed by atoms with Gasteiger partial charge in [0.05, 0.1) is 10.8 Å². The van der Waals surface area contributed by atoms with Crippen molar-refractivity contribution in [1.82, 2.24) is 14.9 Å². The third kappa shape index (κ3) is 7.90. The lowest BCUT2D eigenvalue weighted by Gasteiger charge is -2.33. The average molecular weight is 533 g/mol. The average Bonchev–Trinajstić information content (AvgIpc) is 2.84. The van der Waals surface area contributed by atoms with Gasteiger partial charge in [-0.3, -0.25) is 9.59 Å². The van der Waals surface area contributed by atoms with Crippen molar-refractivity contribution in [2.45, 2.75) is 63.0 Å². The third-order valence-corrected chi connectivity index (χ3v) is 7.57. The van der Waals surface area contributed by atoms with Crippen LogP contribution >= 0.6 is 0 Å². The fourth-order valence-electron chi connectivity index (χ4n) is 4.33. The SMILES string of the molecule is CC(C)(C)OC(=O)NCCC(C(=O)N1CCCCC1)C(NS(=O)(=O)c1ccc2ccccc2c1)C(N)=O. The number of ether oxygens (including phenoxy) is 1. The normalized spacial score (nSPS) is 16.1. The van der Waals surface area contributed by atoms with E-state index >= 15 is 0 Å². The van der Waals surface area contributed by atoms with Crippen molar-refractivity contribution in [2.24, 2.45) is 11.7 Å². The molecule has 0 spiro atoms. The molecule has 2 aromatic rings. The number of nitrogens with zero attached hydrogens (tertiary/aromatic N) is 1. The number of hydrogen-bond acceptors (Lipinski definition) is 6. The zero-order valence-corrected chi connectivity index (χ0v) is 22.3. The number of amides is 3. The number of piperidine rings is 1. The van der Waals surface area contributed by atoms with Crippen LogP contribution in [-0.4, -0.2) is 62.5 Å². The van der Waals surface area contributed by atoms with Gasteiger partial charge in [0.15, 0.2) is 0 Å². The Morgan fingerprint density at radius 1 is 1.03 bits per heavy atom. The summed E-state index contributed by atoms with van der Waals surface area (Å²) in [5.41, 5.74) is 4.94. The van der Waals surface area contributed by atoms with Crippen LogP contribution in [0.5, 0.6) is 0 Å². The Hall–Kier alpha value is -3.18. The van der Waals surface area contributed by atoms with Crippen molar-refractivity contribution in [3.63, 3.8) is 0 Å². The number of rotatable bonds is 9. The maximum atomic E-state index is 13.5. The zero-order chi connectivity index (χ0) is 27.2. The number of alkyl carbamates (subject to hydrolysis) is 1. The molecule has 0 aliphatic carbocycles. The standard InChI is InChI=1S/C26H36N4O6S/c1-26(2,3)36-25(33)28-14-13-21(24(32)30-15-7-4-8-16-30)22(23(27)31)29-37(34,35)20-12-11-18-9-5-6-10-19(18)17-20/h5-6,9-12,17,21-22,29H,4,7-8,13-16H2,1-3H3,(H2,27,31)(H,28,33). The monoisotopic (exact) mass is 532 g/mol. The van der Waals surface area contributed by atoms with Gasteiger partial charge in [-0.15, -0.1) is 0 Å². The molecule has 0 bridgehead atoms. The highest BCUT2D eigenvalue weighted by atomic mass is 32.2. The molecule has 0 radical (unpaired) electrons. The molecule has 3 amide bonds. The molecule has 0 saturated carbocycles. The Morgan fingerprint density at radius 2 is 1.68 bits per heavy atom. The van der Waals surface area contributed by atoms with Crippen molar-refractivity contribution in [2.75, 3.05) is 19.6 Å². The predicted molar refractivity (Wildman–Crippen MR) is 140 cm³/mol. The first kappa shape index (κ1) is 28.4. The van der Waals surface area contributed by atoms with Gasteiger partial charge in [0, 0.05) is 19.6 Å². The maximum Gasteiger partial charge on any atom is 0.407 e. The van der Waals surface area contributed by atoms with E-state index in [0.717, 1.165) is 24.6 Å². The highest BCUT2D eigenvalue weighted by molar-refractivity contribution is 7.89. The molecule has 3 rings (SSSR count). The van der Waals surface area contributed by atoms with Crippen molar-refractivity contribution >= 4 is 38.7 Å². The Labute approximate surface area is 218 Å². The fourth-order valence-corrected chi connectivity index (χ4v) is 5.61. The third-order valence-electron chi connectivity index (χ3n) is 6.13. The second-order valence-electron chi connectivity index (χ2n) is 10.2. The molecule has 1 aliphatic heterocycles. The number of likely N-dealkylation sites (tertiary alicyclic amines) is 1. The molecule has 1 heterocycles. The highest BCUT2D eigenvalue weighted by Gasteiger charge is 2.38. The van der Waals surface area contributed by atoms with E-state index in [-0.39, 0.29) is 23.8 Å². The second-order valence-corrected chi connectivity index (χ2v) is 11.9. The van der Waals surface area contributed by atoms with Crippen LogP contribution in [0.15, 0.2) is 47.4 Å². The number of carbonyl (C=O) groups excluding carboxylic acids is 3. The number of hydrogen-bond donors (Lipinski definition) is 3. The minimum Gasteiger partial charge on any atom is -0.444 e. The van der Waals surface area contributed by atoms with Gasteiger partial charge in [0.25, 0.3) is 0 Å². The molecule has 10 nitrogen and oxygen atoms in total. The van der Waals surface area contributed by atoms with Crippen LogP contribution in [0.3, 0.4) is 0 Å². The second kappa shape index (κ2) is 11.9. The Kier molecular flexibility index (Phi) is 9.14. The molecule has 202 valence electrons. The van der Waals surface area contributed by atoms with E-state index in [0.29, 0.717) is 18.5 Å². The zero-order valence-electron chi connectivity index (χ0n) is 21.5. The largest absolute Gasteiger partial charge is 0.444 e. The number of carbonyl (C=O) groups is 3. The molecular weight excluding hydrogens is 496 g/mol. The topological polar surface area (TPSA) is 148 Å². The van der Waals surface area contributed by atoms with Crippen molar-refractivity contribution in [3.05, 3.63) is 42.5 Å². The van der Waals surface area contributed by atoms with Crippen LogP contribution in [0.2, 0.25) is 0 Å². The van der Waals surface area contributed by atoms with E-state index in [9.17, 15) is 22.8 Å². The first-order valence-electron chi connectivity index (χ1n) is 12.4. The summed E-state index contributed by atoms with van der Waals surface area (Å²) in [4.78, 5) is 39.7. The van der Waals surface area contributed by atoms with Crippen LogP contribution in [0.25, 0.3) is 10.8 Å². The van der Waals surface area contributed by atoms with Crippen LogP contribution in [-0.2, 0) is 24.3 Å². The number of sulfonamides is 1. The Morgan fingerprint density at radius 3 is 2.30 bits per heavy atom. The van der Waals surface area contributed by atoms with E-state index in [2.05, 4.69) is 10.0 Å². The van der Waals surface area contributed by atoms with Crippen molar-refractivity contribution in [3.8, 4) is 0 Å². The summed E-state index contributed by atoms with van der Waals surface area (Å²) in [6.45, 7) is 6.18. The summed E-state index contributed by atoms with van der Waals surface area (Å²) < 4.78 is 34.2. The van der Waals surface area contributed by atoms with Gasteiger partial charge in [-0.25, -0.2) is 13.2 Å². The first-order valence-corrected chi connectivity index (χ1v) is 13.9. The quantitative estimate of drug-likeness (QED) is 0.452. The number of primary amides is 1. The molecule has 11 heteroatoms. The van der Waals surface area contributed by atoms with Gasteiger partial charge in [-0.1, -0.05) is 30.3 Å². The molecule has 1 saturated heterocycles. The molecule has 1 aliphatic rings. The van der Waals surface area contributed by atoms with Crippen LogP contribution < -0.4 is 15.8 Å². The number of nitrogens with one attached hydrogen (secondary N) is 2. The van der Waals surface area contributed by atoms with Crippen molar-refractivity contribution in [1.29, 1.82) is 0 Å². The molecular formula is C26H36N4O6S. The molecule has 0 aromatic heterocycles. The Balaban J connectivity index is 1.84. The maximum absolute atomic E-state index is 13.5. The molecule has 2 unspecified atom stereocenters. The minimum atomic E-state index is -4.20. The van der Waals surface area contributed by atoms with E-state index in [1.807, 2.05) is 12.1 Å². The Bertz CT molecular complexity index is 1240.